The van der Waals surface area contributed by atoms with Crippen LogP contribution in [0.1, 0.15) is 16.1 Å². The van der Waals surface area contributed by atoms with Gasteiger partial charge in [-0.3, -0.25) is 4.98 Å². The summed E-state index contributed by atoms with van der Waals surface area (Å²) in [5, 5.41) is 12.5. The molecule has 0 aliphatic rings. The molecule has 1 N–H and O–H groups in total. The Kier molecular flexibility index (Phi) is 3.28. The molecule has 0 amide bonds. The number of benzene rings is 3. The van der Waals surface area contributed by atoms with Crippen LogP contribution in [-0.4, -0.2) is 16.1 Å². The number of fused-ring (bicyclic) bond motifs is 2. The Labute approximate surface area is 139 Å². The monoisotopic (exact) mass is 313 g/mol. The van der Waals surface area contributed by atoms with E-state index in [-0.39, 0.29) is 5.56 Å². The van der Waals surface area contributed by atoms with Gasteiger partial charge in [0.1, 0.15) is 0 Å². The van der Waals surface area contributed by atoms with Gasteiger partial charge in [0.05, 0.1) is 11.1 Å². The minimum atomic E-state index is -0.929. The van der Waals surface area contributed by atoms with Crippen molar-refractivity contribution in [1.29, 1.82) is 0 Å². The quantitative estimate of drug-likeness (QED) is 0.562. The first kappa shape index (κ1) is 14.4. The van der Waals surface area contributed by atoms with Crippen LogP contribution in [0.4, 0.5) is 0 Å². The minimum Gasteiger partial charge on any atom is -0.478 e. The smallest absolute Gasteiger partial charge is 0.335 e. The van der Waals surface area contributed by atoms with E-state index in [1.54, 1.807) is 18.2 Å². The fraction of sp³-hybridized carbons (Fsp3) is 0.0476. The molecule has 24 heavy (non-hydrogen) atoms. The van der Waals surface area contributed by atoms with Gasteiger partial charge in [-0.2, -0.15) is 0 Å². The first-order chi connectivity index (χ1) is 11.6. The Morgan fingerprint density at radius 1 is 0.917 bits per heavy atom. The van der Waals surface area contributed by atoms with Crippen LogP contribution in [0.2, 0.25) is 0 Å². The predicted molar refractivity (Wildman–Crippen MR) is 96.4 cm³/mol. The van der Waals surface area contributed by atoms with Crippen molar-refractivity contribution in [3.8, 4) is 11.1 Å². The summed E-state index contributed by atoms with van der Waals surface area (Å²) in [7, 11) is 0. The fourth-order valence-corrected chi connectivity index (χ4v) is 3.09. The van der Waals surface area contributed by atoms with Gasteiger partial charge < -0.3 is 5.11 Å². The molecular formula is C21H15NO2. The SMILES string of the molecule is Cc1cc(-c2ccc3ccccc3c2)c2cc(C(=O)O)ccc2n1. The standard InChI is InChI=1S/C21H15NO2/c1-13-10-18(16-7-6-14-4-2-3-5-15(14)11-16)19-12-17(21(23)24)8-9-20(19)22-13/h2-12H,1H3,(H,23,24). The number of hydrogen-bond donors (Lipinski definition) is 1. The molecule has 0 aliphatic carbocycles. The number of carbonyl (C=O) groups is 1. The molecule has 0 atom stereocenters. The van der Waals surface area contributed by atoms with E-state index in [0.717, 1.165) is 33.1 Å². The second kappa shape index (κ2) is 5.46. The molecule has 1 heterocycles. The lowest BCUT2D eigenvalue weighted by Crippen LogP contribution is -1.97. The third kappa shape index (κ3) is 2.40. The van der Waals surface area contributed by atoms with E-state index in [2.05, 4.69) is 35.3 Å². The number of pyridine rings is 1. The molecule has 1 aromatic heterocycles. The number of carboxylic acids is 1. The van der Waals surface area contributed by atoms with Gasteiger partial charge in [0.25, 0.3) is 0 Å². The molecule has 0 spiro atoms. The summed E-state index contributed by atoms with van der Waals surface area (Å²) < 4.78 is 0. The van der Waals surface area contributed by atoms with Gasteiger partial charge in [-0.15, -0.1) is 0 Å². The topological polar surface area (TPSA) is 50.2 Å². The van der Waals surface area contributed by atoms with Crippen molar-refractivity contribution in [2.75, 3.05) is 0 Å². The highest BCUT2D eigenvalue weighted by Crippen LogP contribution is 2.31. The Bertz CT molecular complexity index is 1100. The Balaban J connectivity index is 2.02. The van der Waals surface area contributed by atoms with E-state index in [9.17, 15) is 9.90 Å². The summed E-state index contributed by atoms with van der Waals surface area (Å²) in [5.74, 6) is -0.929. The molecule has 3 heteroatoms. The zero-order valence-corrected chi connectivity index (χ0v) is 13.2. The number of hydrogen-bond acceptors (Lipinski definition) is 2. The Morgan fingerprint density at radius 2 is 1.71 bits per heavy atom. The molecule has 3 aromatic carbocycles. The molecule has 4 rings (SSSR count). The number of aromatic nitrogens is 1. The third-order valence-electron chi connectivity index (χ3n) is 4.24. The Hall–Kier alpha value is -3.20. The van der Waals surface area contributed by atoms with Crippen LogP contribution in [0.3, 0.4) is 0 Å². The average Bonchev–Trinajstić information content (AvgIpc) is 2.60. The van der Waals surface area contributed by atoms with Crippen LogP contribution in [0.15, 0.2) is 66.7 Å². The molecule has 0 saturated heterocycles. The van der Waals surface area contributed by atoms with Gasteiger partial charge >= 0.3 is 5.97 Å². The number of rotatable bonds is 2. The molecule has 0 radical (unpaired) electrons. The van der Waals surface area contributed by atoms with Crippen LogP contribution < -0.4 is 0 Å². The lowest BCUT2D eigenvalue weighted by Gasteiger charge is -2.10. The largest absolute Gasteiger partial charge is 0.478 e. The van der Waals surface area contributed by atoms with E-state index in [4.69, 9.17) is 0 Å². The number of carboxylic acid groups (broad SMARTS) is 1. The highest BCUT2D eigenvalue weighted by Gasteiger charge is 2.10. The van der Waals surface area contributed by atoms with E-state index >= 15 is 0 Å². The summed E-state index contributed by atoms with van der Waals surface area (Å²) in [6.45, 7) is 1.95. The van der Waals surface area contributed by atoms with Crippen molar-refractivity contribution < 1.29 is 9.90 Å². The van der Waals surface area contributed by atoms with Crippen LogP contribution in [0.5, 0.6) is 0 Å². The van der Waals surface area contributed by atoms with Crippen molar-refractivity contribution in [2.24, 2.45) is 0 Å². The third-order valence-corrected chi connectivity index (χ3v) is 4.24. The first-order valence-electron chi connectivity index (χ1n) is 7.76. The second-order valence-electron chi connectivity index (χ2n) is 5.91. The summed E-state index contributed by atoms with van der Waals surface area (Å²) >= 11 is 0. The number of nitrogens with zero attached hydrogens (tertiary/aromatic N) is 1. The molecule has 0 unspecified atom stereocenters. The lowest BCUT2D eigenvalue weighted by atomic mass is 9.96. The van der Waals surface area contributed by atoms with Gasteiger partial charge in [0.15, 0.2) is 0 Å². The van der Waals surface area contributed by atoms with Crippen LogP contribution >= 0.6 is 0 Å². The maximum Gasteiger partial charge on any atom is 0.335 e. The summed E-state index contributed by atoms with van der Waals surface area (Å²) in [4.78, 5) is 15.8. The van der Waals surface area contributed by atoms with Crippen LogP contribution in [0, 0.1) is 6.92 Å². The van der Waals surface area contributed by atoms with Crippen LogP contribution in [-0.2, 0) is 0 Å². The molecule has 0 bridgehead atoms. The first-order valence-corrected chi connectivity index (χ1v) is 7.76. The predicted octanol–water partition coefficient (Wildman–Crippen LogP) is 5.06. The highest BCUT2D eigenvalue weighted by molar-refractivity contribution is 6.01. The zero-order chi connectivity index (χ0) is 16.7. The van der Waals surface area contributed by atoms with E-state index in [1.807, 2.05) is 25.1 Å². The van der Waals surface area contributed by atoms with E-state index in [1.165, 1.54) is 5.39 Å². The van der Waals surface area contributed by atoms with Gasteiger partial charge in [-0.05, 0) is 59.2 Å². The zero-order valence-electron chi connectivity index (χ0n) is 13.2. The number of aryl methyl sites for hydroxylation is 1. The maximum atomic E-state index is 11.3. The molecule has 4 aromatic rings. The molecule has 0 aliphatic heterocycles. The molecule has 0 saturated carbocycles. The molecule has 116 valence electrons. The fourth-order valence-electron chi connectivity index (χ4n) is 3.09. The van der Waals surface area contributed by atoms with Gasteiger partial charge in [0.2, 0.25) is 0 Å². The van der Waals surface area contributed by atoms with Crippen molar-refractivity contribution in [3.63, 3.8) is 0 Å². The van der Waals surface area contributed by atoms with Crippen LogP contribution in [0.25, 0.3) is 32.8 Å². The summed E-state index contributed by atoms with van der Waals surface area (Å²) in [6.07, 6.45) is 0. The van der Waals surface area contributed by atoms with E-state index < -0.39 is 5.97 Å². The van der Waals surface area contributed by atoms with Crippen molar-refractivity contribution in [2.45, 2.75) is 6.92 Å². The normalized spacial score (nSPS) is 11.0. The van der Waals surface area contributed by atoms with Gasteiger partial charge in [0, 0.05) is 11.1 Å². The van der Waals surface area contributed by atoms with Crippen molar-refractivity contribution in [3.05, 3.63) is 78.0 Å². The van der Waals surface area contributed by atoms with Crippen molar-refractivity contribution in [1.82, 2.24) is 4.98 Å². The highest BCUT2D eigenvalue weighted by atomic mass is 16.4. The summed E-state index contributed by atoms with van der Waals surface area (Å²) in [5.41, 5.74) is 4.06. The maximum absolute atomic E-state index is 11.3. The van der Waals surface area contributed by atoms with Gasteiger partial charge in [-0.25, -0.2) is 4.79 Å². The summed E-state index contributed by atoms with van der Waals surface area (Å²) in [6, 6.07) is 21.6. The Morgan fingerprint density at radius 3 is 2.50 bits per heavy atom. The molecule has 3 nitrogen and oxygen atoms in total. The van der Waals surface area contributed by atoms with Gasteiger partial charge in [-0.1, -0.05) is 36.4 Å². The number of aromatic carboxylic acids is 1. The molecule has 0 fully saturated rings. The molecular weight excluding hydrogens is 298 g/mol. The second-order valence-corrected chi connectivity index (χ2v) is 5.91. The van der Waals surface area contributed by atoms with Crippen molar-refractivity contribution >= 4 is 27.6 Å². The van der Waals surface area contributed by atoms with E-state index in [0.29, 0.717) is 0 Å². The lowest BCUT2D eigenvalue weighted by molar-refractivity contribution is 0.0697. The average molecular weight is 313 g/mol. The minimum absolute atomic E-state index is 0.273.